The van der Waals surface area contributed by atoms with Crippen LogP contribution in [0.2, 0.25) is 0 Å². The highest BCUT2D eigenvalue weighted by atomic mass is 16.5. The molecule has 0 unspecified atom stereocenters. The van der Waals surface area contributed by atoms with Crippen molar-refractivity contribution in [2.75, 3.05) is 39.3 Å². The largest absolute Gasteiger partial charge is 0.377 e. The van der Waals surface area contributed by atoms with Crippen molar-refractivity contribution in [3.05, 3.63) is 0 Å². The fourth-order valence-electron chi connectivity index (χ4n) is 2.61. The van der Waals surface area contributed by atoms with E-state index in [4.69, 9.17) is 4.74 Å². The van der Waals surface area contributed by atoms with Gasteiger partial charge in [0.05, 0.1) is 12.7 Å². The van der Waals surface area contributed by atoms with Crippen molar-refractivity contribution in [1.82, 2.24) is 10.2 Å². The van der Waals surface area contributed by atoms with E-state index in [1.165, 1.54) is 25.9 Å². The molecular formula is C14H28N2O. The van der Waals surface area contributed by atoms with Gasteiger partial charge in [-0.05, 0) is 37.3 Å². The second kappa shape index (κ2) is 5.68. The number of hydrogen-bond acceptors (Lipinski definition) is 3. The molecular weight excluding hydrogens is 212 g/mol. The van der Waals surface area contributed by atoms with Gasteiger partial charge >= 0.3 is 0 Å². The van der Waals surface area contributed by atoms with Crippen molar-refractivity contribution in [2.24, 2.45) is 11.3 Å². The Hall–Kier alpha value is -0.120. The second-order valence-electron chi connectivity index (χ2n) is 6.64. The third-order valence-corrected chi connectivity index (χ3v) is 4.23. The summed E-state index contributed by atoms with van der Waals surface area (Å²) in [5.41, 5.74) is 0.479. The lowest BCUT2D eigenvalue weighted by Gasteiger charge is -2.46. The van der Waals surface area contributed by atoms with Crippen LogP contribution < -0.4 is 5.32 Å². The summed E-state index contributed by atoms with van der Waals surface area (Å²) in [6, 6.07) is 0. The molecule has 1 N–H and O–H groups in total. The fraction of sp³-hybridized carbons (Fsp3) is 1.00. The Balaban J connectivity index is 1.53. The van der Waals surface area contributed by atoms with Crippen LogP contribution in [-0.4, -0.2) is 50.3 Å². The molecule has 3 heteroatoms. The second-order valence-corrected chi connectivity index (χ2v) is 6.64. The highest BCUT2D eigenvalue weighted by Crippen LogP contribution is 2.33. The van der Waals surface area contributed by atoms with Gasteiger partial charge in [0.2, 0.25) is 0 Å². The monoisotopic (exact) mass is 240 g/mol. The highest BCUT2D eigenvalue weighted by Gasteiger charge is 2.35. The number of likely N-dealkylation sites (tertiary alicyclic amines) is 1. The van der Waals surface area contributed by atoms with Crippen molar-refractivity contribution in [3.63, 3.8) is 0 Å². The van der Waals surface area contributed by atoms with Crippen molar-refractivity contribution in [3.8, 4) is 0 Å². The molecule has 2 aliphatic rings. The summed E-state index contributed by atoms with van der Waals surface area (Å²) in [6.45, 7) is 13.9. The molecule has 2 saturated heterocycles. The molecule has 100 valence electrons. The standard InChI is InChI=1S/C14H28N2O/c1-14(2,3)12-10-16(11-12)8-9-17-13-4-6-15-7-5-13/h12-13,15H,4-11H2,1-3H3. The average Bonchev–Trinajstić information content (AvgIpc) is 2.21. The Morgan fingerprint density at radius 2 is 1.82 bits per heavy atom. The predicted octanol–water partition coefficient (Wildman–Crippen LogP) is 1.73. The van der Waals surface area contributed by atoms with E-state index in [9.17, 15) is 0 Å². The van der Waals surface area contributed by atoms with Crippen LogP contribution in [0.1, 0.15) is 33.6 Å². The Morgan fingerprint density at radius 3 is 2.41 bits per heavy atom. The van der Waals surface area contributed by atoms with Gasteiger partial charge in [-0.15, -0.1) is 0 Å². The molecule has 2 fully saturated rings. The highest BCUT2D eigenvalue weighted by molar-refractivity contribution is 4.87. The van der Waals surface area contributed by atoms with Crippen LogP contribution in [0.15, 0.2) is 0 Å². The normalized spacial score (nSPS) is 24.9. The number of ether oxygens (including phenoxy) is 1. The number of piperidine rings is 1. The Morgan fingerprint density at radius 1 is 1.18 bits per heavy atom. The number of nitrogens with one attached hydrogen (secondary N) is 1. The molecule has 0 bridgehead atoms. The van der Waals surface area contributed by atoms with Gasteiger partial charge in [-0.25, -0.2) is 0 Å². The molecule has 0 aliphatic carbocycles. The Bertz CT molecular complexity index is 225. The molecule has 2 heterocycles. The van der Waals surface area contributed by atoms with E-state index < -0.39 is 0 Å². The van der Waals surface area contributed by atoms with E-state index in [0.717, 1.165) is 32.2 Å². The van der Waals surface area contributed by atoms with Crippen LogP contribution >= 0.6 is 0 Å². The molecule has 2 aliphatic heterocycles. The molecule has 3 nitrogen and oxygen atoms in total. The zero-order chi connectivity index (χ0) is 12.3. The van der Waals surface area contributed by atoms with Crippen LogP contribution in [0.5, 0.6) is 0 Å². The summed E-state index contributed by atoms with van der Waals surface area (Å²) >= 11 is 0. The topological polar surface area (TPSA) is 24.5 Å². The molecule has 0 aromatic rings. The molecule has 0 aromatic carbocycles. The molecule has 0 atom stereocenters. The number of rotatable bonds is 4. The minimum atomic E-state index is 0.479. The first-order chi connectivity index (χ1) is 8.05. The van der Waals surface area contributed by atoms with Crippen LogP contribution in [0.3, 0.4) is 0 Å². The molecule has 17 heavy (non-hydrogen) atoms. The maximum Gasteiger partial charge on any atom is 0.0600 e. The van der Waals surface area contributed by atoms with E-state index in [0.29, 0.717) is 11.5 Å². The minimum absolute atomic E-state index is 0.479. The maximum atomic E-state index is 5.93. The summed E-state index contributed by atoms with van der Waals surface area (Å²) in [7, 11) is 0. The van der Waals surface area contributed by atoms with Crippen molar-refractivity contribution in [2.45, 2.75) is 39.7 Å². The van der Waals surface area contributed by atoms with E-state index in [1.54, 1.807) is 0 Å². The van der Waals surface area contributed by atoms with E-state index in [2.05, 4.69) is 31.0 Å². The van der Waals surface area contributed by atoms with Gasteiger partial charge in [-0.1, -0.05) is 20.8 Å². The smallest absolute Gasteiger partial charge is 0.0600 e. The molecule has 0 saturated carbocycles. The average molecular weight is 240 g/mol. The maximum absolute atomic E-state index is 5.93. The minimum Gasteiger partial charge on any atom is -0.377 e. The van der Waals surface area contributed by atoms with E-state index in [1.807, 2.05) is 0 Å². The van der Waals surface area contributed by atoms with E-state index >= 15 is 0 Å². The zero-order valence-electron chi connectivity index (χ0n) is 11.7. The van der Waals surface area contributed by atoms with E-state index in [-0.39, 0.29) is 0 Å². The van der Waals surface area contributed by atoms with Crippen LogP contribution in [0, 0.1) is 11.3 Å². The third kappa shape index (κ3) is 3.94. The van der Waals surface area contributed by atoms with Gasteiger partial charge in [0, 0.05) is 19.6 Å². The fourth-order valence-corrected chi connectivity index (χ4v) is 2.61. The first kappa shape index (κ1) is 13.3. The van der Waals surface area contributed by atoms with Gasteiger partial charge in [0.25, 0.3) is 0 Å². The van der Waals surface area contributed by atoms with Crippen molar-refractivity contribution >= 4 is 0 Å². The lowest BCUT2D eigenvalue weighted by Crippen LogP contribution is -2.53. The van der Waals surface area contributed by atoms with Gasteiger partial charge in [-0.2, -0.15) is 0 Å². The molecule has 0 spiro atoms. The van der Waals surface area contributed by atoms with Crippen molar-refractivity contribution in [1.29, 1.82) is 0 Å². The quantitative estimate of drug-likeness (QED) is 0.810. The Kier molecular flexibility index (Phi) is 4.45. The van der Waals surface area contributed by atoms with Gasteiger partial charge in [0.1, 0.15) is 0 Å². The lowest BCUT2D eigenvalue weighted by molar-refractivity contribution is -0.0222. The summed E-state index contributed by atoms with van der Waals surface area (Å²) < 4.78 is 5.93. The first-order valence-electron chi connectivity index (χ1n) is 7.10. The SMILES string of the molecule is CC(C)(C)C1CN(CCOC2CCNCC2)C1. The summed E-state index contributed by atoms with van der Waals surface area (Å²) in [4.78, 5) is 2.52. The van der Waals surface area contributed by atoms with Crippen molar-refractivity contribution < 1.29 is 4.74 Å². The first-order valence-corrected chi connectivity index (χ1v) is 7.10. The number of nitrogens with zero attached hydrogens (tertiary/aromatic N) is 1. The van der Waals surface area contributed by atoms with Crippen LogP contribution in [0.4, 0.5) is 0 Å². The van der Waals surface area contributed by atoms with Gasteiger partial charge in [0.15, 0.2) is 0 Å². The third-order valence-electron chi connectivity index (χ3n) is 4.23. The molecule has 0 radical (unpaired) electrons. The van der Waals surface area contributed by atoms with Crippen LogP contribution in [-0.2, 0) is 4.74 Å². The van der Waals surface area contributed by atoms with Gasteiger partial charge in [-0.3, -0.25) is 0 Å². The summed E-state index contributed by atoms with van der Waals surface area (Å²) in [5.74, 6) is 0.876. The van der Waals surface area contributed by atoms with Gasteiger partial charge < -0.3 is 15.0 Å². The summed E-state index contributed by atoms with van der Waals surface area (Å²) in [6.07, 6.45) is 2.88. The molecule has 0 aromatic heterocycles. The number of hydrogen-bond donors (Lipinski definition) is 1. The van der Waals surface area contributed by atoms with Crippen LogP contribution in [0.25, 0.3) is 0 Å². The predicted molar refractivity (Wildman–Crippen MR) is 71.2 cm³/mol. The Labute approximate surface area is 106 Å². The lowest BCUT2D eigenvalue weighted by atomic mass is 9.76. The molecule has 2 rings (SSSR count). The molecule has 0 amide bonds. The zero-order valence-corrected chi connectivity index (χ0v) is 11.7. The summed E-state index contributed by atoms with van der Waals surface area (Å²) in [5, 5.41) is 3.37.